The number of nitrogens with zero attached hydrogens (tertiary/aromatic N) is 1. The molecular weight excluding hydrogens is 740 g/mol. The van der Waals surface area contributed by atoms with Crippen molar-refractivity contribution in [1.29, 1.82) is 0 Å². The van der Waals surface area contributed by atoms with Crippen LogP contribution in [-0.2, 0) is 33.9 Å². The van der Waals surface area contributed by atoms with Gasteiger partial charge in [0.25, 0.3) is 15.9 Å². The van der Waals surface area contributed by atoms with Crippen LogP contribution in [0, 0.1) is 5.92 Å². The second kappa shape index (κ2) is 17.9. The molecule has 17 heteroatoms. The van der Waals surface area contributed by atoms with Crippen molar-refractivity contribution in [2.24, 2.45) is 11.7 Å². The Hall–Kier alpha value is -4.25. The maximum Gasteiger partial charge on any atom is 0.338 e. The first-order valence-electron chi connectivity index (χ1n) is 18.4. The number of carbonyl (C=O) groups is 4. The summed E-state index contributed by atoms with van der Waals surface area (Å²) in [6.45, 7) is 4.55. The van der Waals surface area contributed by atoms with E-state index < -0.39 is 56.8 Å². The largest absolute Gasteiger partial charge is 0.479 e. The molecule has 0 spiro atoms. The van der Waals surface area contributed by atoms with Crippen LogP contribution in [0.15, 0.2) is 60.1 Å². The van der Waals surface area contributed by atoms with Crippen LogP contribution in [0.5, 0.6) is 5.88 Å². The Morgan fingerprint density at radius 3 is 2.48 bits per heavy atom. The smallest absolute Gasteiger partial charge is 0.338 e. The van der Waals surface area contributed by atoms with Crippen LogP contribution in [0.2, 0.25) is 5.02 Å². The van der Waals surface area contributed by atoms with Crippen LogP contribution in [0.1, 0.15) is 77.0 Å². The number of anilines is 1. The molecule has 2 amide bonds. The fourth-order valence-electron chi connectivity index (χ4n) is 6.89. The number of sulfonamides is 1. The average molecular weight is 789 g/mol. The molecule has 2 saturated carbocycles. The van der Waals surface area contributed by atoms with Crippen molar-refractivity contribution in [3.05, 3.63) is 60.3 Å². The Bertz CT molecular complexity index is 1790. The van der Waals surface area contributed by atoms with Crippen molar-refractivity contribution in [3.63, 3.8) is 0 Å². The van der Waals surface area contributed by atoms with Gasteiger partial charge < -0.3 is 36.3 Å². The standard InChI is InChI=1S/C37H49ClN6O9S/c1-2-24-21-37(24,43-32(45)29-20-27(23-41-29)52-31-17-16-25(38)22-42-31)33(46)44-54(50,51)30-15-9-8-14-28(30)40-19-11-5-3-4-10-18-36(39,34(47)48)35(49)53-26-12-6-7-13-26/h2,8-9,14-17,22,24,26-27,29,40-41H,1,3-7,10-13,18-21,23,39H2,(H,43,45)(H,44,46)(H,47,48)/t24-,27-,29+,36+,37-/m1/s1. The molecule has 3 aliphatic rings. The number of nitrogens with one attached hydrogen (secondary N) is 4. The molecule has 0 radical (unpaired) electrons. The van der Waals surface area contributed by atoms with E-state index >= 15 is 0 Å². The van der Waals surface area contributed by atoms with Crippen LogP contribution in [0.4, 0.5) is 5.69 Å². The summed E-state index contributed by atoms with van der Waals surface area (Å²) < 4.78 is 40.5. The van der Waals surface area contributed by atoms with Crippen LogP contribution in [0.25, 0.3) is 0 Å². The second-order valence-corrected chi connectivity index (χ2v) is 16.3. The number of para-hydroxylation sites is 1. The summed E-state index contributed by atoms with van der Waals surface area (Å²) in [7, 11) is -4.35. The topological polar surface area (TPSA) is 228 Å². The summed E-state index contributed by atoms with van der Waals surface area (Å²) in [4.78, 5) is 55.3. The fraction of sp³-hybridized carbons (Fsp3) is 0.541. The number of esters is 1. The molecule has 2 heterocycles. The molecule has 2 aliphatic carbocycles. The fourth-order valence-corrected chi connectivity index (χ4v) is 8.23. The average Bonchev–Trinajstić information content (AvgIpc) is 3.41. The molecule has 294 valence electrons. The van der Waals surface area contributed by atoms with Gasteiger partial charge >= 0.3 is 11.9 Å². The first kappa shape index (κ1) is 40.9. The van der Waals surface area contributed by atoms with Gasteiger partial charge in [-0.1, -0.05) is 55.5 Å². The van der Waals surface area contributed by atoms with Gasteiger partial charge in [-0.15, -0.1) is 6.58 Å². The van der Waals surface area contributed by atoms with Crippen molar-refractivity contribution >= 4 is 51.1 Å². The highest BCUT2D eigenvalue weighted by Crippen LogP contribution is 2.45. The Balaban J connectivity index is 1.07. The number of carboxylic acid groups (broad SMARTS) is 1. The van der Waals surface area contributed by atoms with Gasteiger partial charge in [-0.25, -0.2) is 27.7 Å². The van der Waals surface area contributed by atoms with E-state index in [0.29, 0.717) is 55.4 Å². The first-order valence-corrected chi connectivity index (χ1v) is 20.2. The number of halogens is 1. The number of aliphatic carboxylic acids is 1. The molecule has 1 aromatic heterocycles. The lowest BCUT2D eigenvalue weighted by Crippen LogP contribution is -2.56. The van der Waals surface area contributed by atoms with E-state index in [1.807, 2.05) is 0 Å². The molecule has 2 aromatic rings. The summed E-state index contributed by atoms with van der Waals surface area (Å²) in [5, 5.41) is 19.1. The van der Waals surface area contributed by atoms with Gasteiger partial charge in [-0.2, -0.15) is 0 Å². The minimum Gasteiger partial charge on any atom is -0.479 e. The molecule has 5 rings (SSSR count). The number of benzene rings is 1. The molecule has 54 heavy (non-hydrogen) atoms. The summed E-state index contributed by atoms with van der Waals surface area (Å²) in [6, 6.07) is 8.80. The van der Waals surface area contributed by atoms with Crippen LogP contribution in [0.3, 0.4) is 0 Å². The van der Waals surface area contributed by atoms with E-state index in [1.165, 1.54) is 18.3 Å². The number of pyridine rings is 1. The third-order valence-electron chi connectivity index (χ3n) is 10.2. The summed E-state index contributed by atoms with van der Waals surface area (Å²) in [5.41, 5.74) is 2.75. The van der Waals surface area contributed by atoms with Crippen molar-refractivity contribution in [2.45, 2.75) is 111 Å². The summed E-state index contributed by atoms with van der Waals surface area (Å²) >= 11 is 5.89. The number of carboxylic acids is 1. The molecule has 0 unspecified atom stereocenters. The van der Waals surface area contributed by atoms with Crippen molar-refractivity contribution < 1.29 is 42.2 Å². The number of nitrogens with two attached hydrogens (primary N) is 1. The molecule has 3 fully saturated rings. The Labute approximate surface area is 320 Å². The molecular formula is C37H49ClN6O9S. The maximum absolute atomic E-state index is 13.6. The minimum atomic E-state index is -4.35. The highest BCUT2D eigenvalue weighted by molar-refractivity contribution is 7.90. The third-order valence-corrected chi connectivity index (χ3v) is 11.8. The number of hydrogen-bond donors (Lipinski definition) is 6. The van der Waals surface area contributed by atoms with Gasteiger partial charge in [0.2, 0.25) is 17.3 Å². The number of ether oxygens (including phenoxy) is 2. The number of amides is 2. The van der Waals surface area contributed by atoms with Gasteiger partial charge in [0, 0.05) is 37.7 Å². The summed E-state index contributed by atoms with van der Waals surface area (Å²) in [6.07, 6.45) is 9.39. The van der Waals surface area contributed by atoms with Crippen molar-refractivity contribution in [3.8, 4) is 5.88 Å². The van der Waals surface area contributed by atoms with Gasteiger partial charge in [0.1, 0.15) is 22.6 Å². The van der Waals surface area contributed by atoms with Gasteiger partial charge in [0.05, 0.1) is 16.8 Å². The van der Waals surface area contributed by atoms with Crippen LogP contribution >= 0.6 is 11.6 Å². The first-order chi connectivity index (χ1) is 25.8. The highest BCUT2D eigenvalue weighted by atomic mass is 35.5. The monoisotopic (exact) mass is 788 g/mol. The van der Waals surface area contributed by atoms with E-state index in [4.69, 9.17) is 26.8 Å². The zero-order valence-corrected chi connectivity index (χ0v) is 31.6. The van der Waals surface area contributed by atoms with Gasteiger partial charge in [0.15, 0.2) is 0 Å². The predicted octanol–water partition coefficient (Wildman–Crippen LogP) is 3.43. The lowest BCUT2D eigenvalue weighted by molar-refractivity contribution is -0.165. The number of carbonyl (C=O) groups excluding carboxylic acids is 3. The number of rotatable bonds is 20. The molecule has 5 atom stereocenters. The van der Waals surface area contributed by atoms with Crippen LogP contribution < -0.4 is 31.1 Å². The van der Waals surface area contributed by atoms with Gasteiger partial charge in [-0.05, 0) is 63.1 Å². The zero-order valence-electron chi connectivity index (χ0n) is 30.1. The molecule has 1 saturated heterocycles. The minimum absolute atomic E-state index is 0.0302. The normalized spacial score (nSPS) is 23.5. The lowest BCUT2D eigenvalue weighted by Gasteiger charge is -2.24. The molecule has 1 aromatic carbocycles. The molecule has 7 N–H and O–H groups in total. The number of aromatic nitrogens is 1. The Morgan fingerprint density at radius 2 is 1.80 bits per heavy atom. The second-order valence-electron chi connectivity index (χ2n) is 14.2. The van der Waals surface area contributed by atoms with E-state index in [1.54, 1.807) is 30.3 Å². The molecule has 15 nitrogen and oxygen atoms in total. The maximum atomic E-state index is 13.6. The number of hydrogen-bond acceptors (Lipinski definition) is 12. The Morgan fingerprint density at radius 1 is 1.07 bits per heavy atom. The van der Waals surface area contributed by atoms with E-state index in [-0.39, 0.29) is 29.9 Å². The van der Waals surface area contributed by atoms with Crippen molar-refractivity contribution in [2.75, 3.05) is 18.4 Å². The quantitative estimate of drug-likeness (QED) is 0.0490. The zero-order chi connectivity index (χ0) is 38.9. The molecule has 0 bridgehead atoms. The van der Waals surface area contributed by atoms with Crippen molar-refractivity contribution in [1.82, 2.24) is 20.3 Å². The van der Waals surface area contributed by atoms with E-state index in [0.717, 1.165) is 38.5 Å². The van der Waals surface area contributed by atoms with E-state index in [9.17, 15) is 32.7 Å². The predicted molar refractivity (Wildman–Crippen MR) is 200 cm³/mol. The van der Waals surface area contributed by atoms with Gasteiger partial charge in [-0.3, -0.25) is 9.59 Å². The molecule has 1 aliphatic heterocycles. The summed E-state index contributed by atoms with van der Waals surface area (Å²) in [5.74, 6) is -3.71. The number of unbranched alkanes of at least 4 members (excludes halogenated alkanes) is 4. The SMILES string of the molecule is C=C[C@@H]1C[C@]1(NC(=O)[C@@H]1C[C@@H](Oc2ccc(Cl)cn2)CN1)C(=O)NS(=O)(=O)c1ccccc1NCCCCCCC[C@](N)(C(=O)O)C(=O)OC1CCCC1. The Kier molecular flexibility index (Phi) is 13.6. The van der Waals surface area contributed by atoms with E-state index in [2.05, 4.69) is 32.2 Å². The highest BCUT2D eigenvalue weighted by Gasteiger charge is 2.61. The lowest BCUT2D eigenvalue weighted by atomic mass is 9.93. The van der Waals surface area contributed by atoms with Crippen LogP contribution in [-0.4, -0.2) is 84.7 Å². The third kappa shape index (κ3) is 10.1.